The Morgan fingerprint density at radius 3 is 2.53 bits per heavy atom. The SMILES string of the molecule is COc1cc(/C=C(/C#N)C(=O)Nc2cccc(C)c2C)ccc1OCc1ccc(Br)cc1. The van der Waals surface area contributed by atoms with E-state index in [1.165, 1.54) is 6.08 Å². The minimum absolute atomic E-state index is 0.00325. The number of hydrogen-bond donors (Lipinski definition) is 1. The Morgan fingerprint density at radius 2 is 1.84 bits per heavy atom. The van der Waals surface area contributed by atoms with Crippen molar-refractivity contribution in [1.82, 2.24) is 0 Å². The van der Waals surface area contributed by atoms with Gasteiger partial charge in [-0.1, -0.05) is 46.3 Å². The number of halogens is 1. The lowest BCUT2D eigenvalue weighted by Crippen LogP contribution is -2.14. The average molecular weight is 491 g/mol. The molecule has 162 valence electrons. The predicted octanol–water partition coefficient (Wildman–Crippen LogP) is 6.20. The molecule has 0 radical (unpaired) electrons. The summed E-state index contributed by atoms with van der Waals surface area (Å²) in [7, 11) is 1.55. The molecular formula is C26H23BrN2O3. The van der Waals surface area contributed by atoms with Gasteiger partial charge < -0.3 is 14.8 Å². The molecule has 6 heteroatoms. The molecule has 0 atom stereocenters. The van der Waals surface area contributed by atoms with Gasteiger partial charge in [-0.25, -0.2) is 0 Å². The van der Waals surface area contributed by atoms with E-state index in [1.807, 2.05) is 62.4 Å². The van der Waals surface area contributed by atoms with Crippen LogP contribution in [0, 0.1) is 25.2 Å². The zero-order chi connectivity index (χ0) is 23.1. The number of amides is 1. The Kier molecular flexibility index (Phi) is 7.69. The minimum atomic E-state index is -0.462. The zero-order valence-electron chi connectivity index (χ0n) is 18.1. The number of carbonyl (C=O) groups excluding carboxylic acids is 1. The standard InChI is InChI=1S/C26H23BrN2O3/c1-17-5-4-6-23(18(17)2)29-26(30)21(15-28)13-20-9-12-24(25(14-20)31-3)32-16-19-7-10-22(27)11-8-19/h4-14H,16H2,1-3H3,(H,29,30)/b21-13-. The Labute approximate surface area is 196 Å². The second-order valence-corrected chi connectivity index (χ2v) is 8.11. The number of anilines is 1. The van der Waals surface area contributed by atoms with Crippen LogP contribution in [0.5, 0.6) is 11.5 Å². The summed E-state index contributed by atoms with van der Waals surface area (Å²) < 4.78 is 12.3. The van der Waals surface area contributed by atoms with E-state index in [1.54, 1.807) is 25.3 Å². The Bertz CT molecular complexity index is 1190. The first-order chi connectivity index (χ1) is 15.4. The van der Waals surface area contributed by atoms with E-state index in [0.29, 0.717) is 29.4 Å². The third kappa shape index (κ3) is 5.77. The van der Waals surface area contributed by atoms with E-state index in [4.69, 9.17) is 9.47 Å². The first-order valence-electron chi connectivity index (χ1n) is 9.96. The van der Waals surface area contributed by atoms with Gasteiger partial charge in [0.25, 0.3) is 5.91 Å². The normalized spacial score (nSPS) is 10.9. The van der Waals surface area contributed by atoms with Gasteiger partial charge >= 0.3 is 0 Å². The third-order valence-electron chi connectivity index (χ3n) is 5.02. The van der Waals surface area contributed by atoms with Crippen molar-refractivity contribution in [1.29, 1.82) is 5.26 Å². The molecule has 0 aromatic heterocycles. The monoisotopic (exact) mass is 490 g/mol. The summed E-state index contributed by atoms with van der Waals surface area (Å²) >= 11 is 3.42. The van der Waals surface area contributed by atoms with Gasteiger partial charge in [0.2, 0.25) is 0 Å². The van der Waals surface area contributed by atoms with Crippen LogP contribution in [-0.4, -0.2) is 13.0 Å². The maximum atomic E-state index is 12.7. The van der Waals surface area contributed by atoms with Crippen molar-refractivity contribution >= 4 is 33.6 Å². The number of aryl methyl sites for hydroxylation is 1. The smallest absolute Gasteiger partial charge is 0.266 e. The molecule has 0 bridgehead atoms. The summed E-state index contributed by atoms with van der Waals surface area (Å²) in [6.45, 7) is 4.29. The van der Waals surface area contributed by atoms with Crippen molar-refractivity contribution in [2.75, 3.05) is 12.4 Å². The molecule has 0 saturated heterocycles. The average Bonchev–Trinajstić information content (AvgIpc) is 2.80. The molecule has 1 amide bonds. The number of carbonyl (C=O) groups is 1. The van der Waals surface area contributed by atoms with Crippen LogP contribution >= 0.6 is 15.9 Å². The van der Waals surface area contributed by atoms with Crippen molar-refractivity contribution in [3.05, 3.63) is 93.0 Å². The quantitative estimate of drug-likeness (QED) is 0.316. The van der Waals surface area contributed by atoms with E-state index in [9.17, 15) is 10.1 Å². The maximum Gasteiger partial charge on any atom is 0.266 e. The number of ether oxygens (including phenoxy) is 2. The number of nitrogens with zero attached hydrogens (tertiary/aromatic N) is 1. The molecule has 0 aliphatic rings. The fraction of sp³-hybridized carbons (Fsp3) is 0.154. The lowest BCUT2D eigenvalue weighted by molar-refractivity contribution is -0.112. The van der Waals surface area contributed by atoms with Crippen LogP contribution in [-0.2, 0) is 11.4 Å². The van der Waals surface area contributed by atoms with Gasteiger partial charge in [-0.15, -0.1) is 0 Å². The topological polar surface area (TPSA) is 71.3 Å². The molecule has 5 nitrogen and oxygen atoms in total. The van der Waals surface area contributed by atoms with Gasteiger partial charge in [0.1, 0.15) is 18.2 Å². The van der Waals surface area contributed by atoms with Crippen LogP contribution in [0.2, 0.25) is 0 Å². The number of rotatable bonds is 7. The predicted molar refractivity (Wildman–Crippen MR) is 130 cm³/mol. The summed E-state index contributed by atoms with van der Waals surface area (Å²) in [5, 5.41) is 12.3. The summed E-state index contributed by atoms with van der Waals surface area (Å²) in [6, 6.07) is 20.8. The zero-order valence-corrected chi connectivity index (χ0v) is 19.7. The van der Waals surface area contributed by atoms with Crippen molar-refractivity contribution in [3.63, 3.8) is 0 Å². The summed E-state index contributed by atoms with van der Waals surface area (Å²) in [5.74, 6) is 0.629. The lowest BCUT2D eigenvalue weighted by Gasteiger charge is -2.12. The number of hydrogen-bond acceptors (Lipinski definition) is 4. The van der Waals surface area contributed by atoms with Crippen LogP contribution in [0.4, 0.5) is 5.69 Å². The first kappa shape index (κ1) is 23.1. The van der Waals surface area contributed by atoms with E-state index >= 15 is 0 Å². The molecule has 3 aromatic carbocycles. The third-order valence-corrected chi connectivity index (χ3v) is 5.55. The van der Waals surface area contributed by atoms with Crippen molar-refractivity contribution in [2.45, 2.75) is 20.5 Å². The molecule has 0 unspecified atom stereocenters. The Morgan fingerprint density at radius 1 is 1.09 bits per heavy atom. The molecule has 0 heterocycles. The van der Waals surface area contributed by atoms with Crippen LogP contribution < -0.4 is 14.8 Å². The number of nitriles is 1. The van der Waals surface area contributed by atoms with Gasteiger partial charge in [-0.3, -0.25) is 4.79 Å². The second-order valence-electron chi connectivity index (χ2n) is 7.20. The van der Waals surface area contributed by atoms with Crippen LogP contribution in [0.3, 0.4) is 0 Å². The number of benzene rings is 3. The highest BCUT2D eigenvalue weighted by atomic mass is 79.9. The maximum absolute atomic E-state index is 12.7. The summed E-state index contributed by atoms with van der Waals surface area (Å²) in [4.78, 5) is 12.7. The molecule has 1 N–H and O–H groups in total. The molecule has 0 aliphatic heterocycles. The van der Waals surface area contributed by atoms with Crippen molar-refractivity contribution < 1.29 is 14.3 Å². The molecule has 0 fully saturated rings. The van der Waals surface area contributed by atoms with Crippen molar-refractivity contribution in [3.8, 4) is 17.6 Å². The Hall–Kier alpha value is -3.56. The van der Waals surface area contributed by atoms with E-state index < -0.39 is 5.91 Å². The molecule has 0 saturated carbocycles. The molecule has 3 rings (SSSR count). The fourth-order valence-electron chi connectivity index (χ4n) is 3.03. The molecule has 0 spiro atoms. The van der Waals surface area contributed by atoms with Crippen LogP contribution in [0.15, 0.2) is 70.7 Å². The summed E-state index contributed by atoms with van der Waals surface area (Å²) in [5.41, 5.74) is 4.39. The second kappa shape index (κ2) is 10.7. The van der Waals surface area contributed by atoms with Gasteiger partial charge in [-0.2, -0.15) is 5.26 Å². The molecule has 0 aliphatic carbocycles. The van der Waals surface area contributed by atoms with Gasteiger partial charge in [-0.05, 0) is 72.5 Å². The minimum Gasteiger partial charge on any atom is -0.493 e. The molecule has 32 heavy (non-hydrogen) atoms. The highest BCUT2D eigenvalue weighted by Crippen LogP contribution is 2.30. The number of nitrogens with one attached hydrogen (secondary N) is 1. The van der Waals surface area contributed by atoms with Gasteiger partial charge in [0.15, 0.2) is 11.5 Å². The van der Waals surface area contributed by atoms with Crippen LogP contribution in [0.1, 0.15) is 22.3 Å². The summed E-state index contributed by atoms with van der Waals surface area (Å²) in [6.07, 6.45) is 1.53. The fourth-order valence-corrected chi connectivity index (χ4v) is 3.29. The van der Waals surface area contributed by atoms with Crippen LogP contribution in [0.25, 0.3) is 6.08 Å². The van der Waals surface area contributed by atoms with E-state index in [2.05, 4.69) is 21.2 Å². The van der Waals surface area contributed by atoms with E-state index in [0.717, 1.165) is 21.2 Å². The Balaban J connectivity index is 1.77. The molecule has 3 aromatic rings. The highest BCUT2D eigenvalue weighted by Gasteiger charge is 2.13. The van der Waals surface area contributed by atoms with Gasteiger partial charge in [0, 0.05) is 10.2 Å². The van der Waals surface area contributed by atoms with Gasteiger partial charge in [0.05, 0.1) is 7.11 Å². The molecular weight excluding hydrogens is 468 g/mol. The van der Waals surface area contributed by atoms with Crippen molar-refractivity contribution in [2.24, 2.45) is 0 Å². The lowest BCUT2D eigenvalue weighted by atomic mass is 10.1. The first-order valence-corrected chi connectivity index (χ1v) is 10.7. The highest BCUT2D eigenvalue weighted by molar-refractivity contribution is 9.10. The number of methoxy groups -OCH3 is 1. The largest absolute Gasteiger partial charge is 0.493 e. The van der Waals surface area contributed by atoms with E-state index in [-0.39, 0.29) is 5.57 Å².